The van der Waals surface area contributed by atoms with E-state index >= 15 is 0 Å². The lowest BCUT2D eigenvalue weighted by atomic mass is 10.3. The summed E-state index contributed by atoms with van der Waals surface area (Å²) < 4.78 is 0. The second kappa shape index (κ2) is 12.1. The molecular weight excluding hydrogens is 190 g/mol. The van der Waals surface area contributed by atoms with Gasteiger partial charge in [0.25, 0.3) is 0 Å². The number of rotatable bonds is 2. The highest BCUT2D eigenvalue weighted by Gasteiger charge is 1.92. The molecule has 1 aromatic rings. The molecule has 0 aromatic heterocycles. The lowest BCUT2D eigenvalue weighted by Crippen LogP contribution is -1.85. The Hall–Kier alpha value is -0.890. The zero-order valence-electron chi connectivity index (χ0n) is 9.58. The first-order valence-electron chi connectivity index (χ1n) is 4.96. The maximum atomic E-state index is 5.64. The number of hydrogen-bond donors (Lipinski definition) is 1. The molecule has 0 aliphatic carbocycles. The lowest BCUT2D eigenvalue weighted by Gasteiger charge is -1.98. The number of benzene rings is 1. The zero-order chi connectivity index (χ0) is 11.4. The standard InChI is InChI=1S/C8H9NS.2C2H6/c1-2-10-8-6-4-3-5-7(8)9;2*1-2/h2-6H,1,9H2;2*1-2H3. The summed E-state index contributed by atoms with van der Waals surface area (Å²) in [5.74, 6) is 0. The average molecular weight is 211 g/mol. The molecule has 0 heterocycles. The minimum atomic E-state index is 0.812. The van der Waals surface area contributed by atoms with Gasteiger partial charge in [0, 0.05) is 10.6 Å². The maximum absolute atomic E-state index is 5.64. The van der Waals surface area contributed by atoms with Crippen LogP contribution in [0, 0.1) is 0 Å². The van der Waals surface area contributed by atoms with Gasteiger partial charge in [0.2, 0.25) is 0 Å². The summed E-state index contributed by atoms with van der Waals surface area (Å²) in [5, 5.41) is 1.77. The molecule has 0 unspecified atom stereocenters. The Bertz CT molecular complexity index is 234. The second-order valence-electron chi connectivity index (χ2n) is 1.82. The van der Waals surface area contributed by atoms with Crippen molar-refractivity contribution in [3.05, 3.63) is 36.3 Å². The summed E-state index contributed by atoms with van der Waals surface area (Å²) in [4.78, 5) is 1.07. The van der Waals surface area contributed by atoms with Gasteiger partial charge in [0.1, 0.15) is 0 Å². The van der Waals surface area contributed by atoms with Gasteiger partial charge >= 0.3 is 0 Å². The van der Waals surface area contributed by atoms with E-state index in [-0.39, 0.29) is 0 Å². The molecule has 0 fully saturated rings. The fourth-order valence-electron chi connectivity index (χ4n) is 0.678. The fourth-order valence-corrected chi connectivity index (χ4v) is 1.22. The average Bonchev–Trinajstić information content (AvgIpc) is 2.28. The molecule has 0 radical (unpaired) electrons. The third kappa shape index (κ3) is 6.61. The predicted molar refractivity (Wildman–Crippen MR) is 69.6 cm³/mol. The zero-order valence-corrected chi connectivity index (χ0v) is 10.4. The van der Waals surface area contributed by atoms with Crippen molar-refractivity contribution in [2.45, 2.75) is 32.6 Å². The molecule has 1 rings (SSSR count). The molecule has 14 heavy (non-hydrogen) atoms. The topological polar surface area (TPSA) is 26.0 Å². The molecular formula is C12H21NS. The first kappa shape index (κ1) is 15.6. The smallest absolute Gasteiger partial charge is 0.0455 e. The number of nitrogens with two attached hydrogens (primary N) is 1. The van der Waals surface area contributed by atoms with E-state index in [9.17, 15) is 0 Å². The number of para-hydroxylation sites is 1. The third-order valence-corrected chi connectivity index (χ3v) is 1.92. The van der Waals surface area contributed by atoms with Gasteiger partial charge < -0.3 is 5.73 Å². The lowest BCUT2D eigenvalue weighted by molar-refractivity contribution is 1.47. The molecule has 0 bridgehead atoms. The van der Waals surface area contributed by atoms with E-state index in [4.69, 9.17) is 5.73 Å². The Morgan fingerprint density at radius 3 is 2.07 bits per heavy atom. The van der Waals surface area contributed by atoms with Crippen molar-refractivity contribution in [3.8, 4) is 0 Å². The van der Waals surface area contributed by atoms with E-state index in [1.165, 1.54) is 0 Å². The largest absolute Gasteiger partial charge is 0.398 e. The highest BCUT2D eigenvalue weighted by atomic mass is 32.2. The first-order valence-corrected chi connectivity index (χ1v) is 5.84. The summed E-state index contributed by atoms with van der Waals surface area (Å²) in [7, 11) is 0. The van der Waals surface area contributed by atoms with Crippen LogP contribution in [0.1, 0.15) is 27.7 Å². The van der Waals surface area contributed by atoms with Gasteiger partial charge in [-0.3, -0.25) is 0 Å². The normalized spacial score (nSPS) is 7.43. The summed E-state index contributed by atoms with van der Waals surface area (Å²) in [6.45, 7) is 11.6. The van der Waals surface area contributed by atoms with E-state index in [1.807, 2.05) is 52.0 Å². The molecule has 0 spiro atoms. The molecule has 0 saturated heterocycles. The van der Waals surface area contributed by atoms with Crippen molar-refractivity contribution < 1.29 is 0 Å². The van der Waals surface area contributed by atoms with Crippen LogP contribution in [0.2, 0.25) is 0 Å². The number of anilines is 1. The Morgan fingerprint density at radius 1 is 1.14 bits per heavy atom. The van der Waals surface area contributed by atoms with Gasteiger partial charge in [-0.25, -0.2) is 0 Å². The van der Waals surface area contributed by atoms with Crippen LogP contribution in [0.5, 0.6) is 0 Å². The van der Waals surface area contributed by atoms with Crippen LogP contribution < -0.4 is 5.73 Å². The first-order chi connectivity index (χ1) is 6.84. The van der Waals surface area contributed by atoms with E-state index in [0.717, 1.165) is 10.6 Å². The maximum Gasteiger partial charge on any atom is 0.0455 e. The van der Waals surface area contributed by atoms with Crippen LogP contribution in [0.3, 0.4) is 0 Å². The quantitative estimate of drug-likeness (QED) is 0.573. The van der Waals surface area contributed by atoms with E-state index in [0.29, 0.717) is 0 Å². The monoisotopic (exact) mass is 211 g/mol. The molecule has 1 nitrogen and oxygen atoms in total. The van der Waals surface area contributed by atoms with Gasteiger partial charge in [-0.2, -0.15) is 0 Å². The van der Waals surface area contributed by atoms with Crippen molar-refractivity contribution in [1.82, 2.24) is 0 Å². The van der Waals surface area contributed by atoms with E-state index in [2.05, 4.69) is 6.58 Å². The summed E-state index contributed by atoms with van der Waals surface area (Å²) in [6, 6.07) is 7.73. The van der Waals surface area contributed by atoms with Gasteiger partial charge in [-0.1, -0.05) is 58.2 Å². The second-order valence-corrected chi connectivity index (χ2v) is 2.83. The Morgan fingerprint density at radius 2 is 1.64 bits per heavy atom. The molecule has 2 N–H and O–H groups in total. The highest BCUT2D eigenvalue weighted by Crippen LogP contribution is 2.24. The van der Waals surface area contributed by atoms with Crippen LogP contribution in [0.25, 0.3) is 0 Å². The summed E-state index contributed by atoms with van der Waals surface area (Å²) in [5.41, 5.74) is 6.45. The SMILES string of the molecule is C=CSc1ccccc1N.CC.CC. The third-order valence-electron chi connectivity index (χ3n) is 1.13. The van der Waals surface area contributed by atoms with E-state index in [1.54, 1.807) is 17.2 Å². The van der Waals surface area contributed by atoms with Gasteiger partial charge in [-0.05, 0) is 17.5 Å². The number of hydrogen-bond acceptors (Lipinski definition) is 2. The van der Waals surface area contributed by atoms with Crippen LogP contribution in [0.4, 0.5) is 5.69 Å². The van der Waals surface area contributed by atoms with Crippen LogP contribution in [-0.2, 0) is 0 Å². The fraction of sp³-hybridized carbons (Fsp3) is 0.333. The van der Waals surface area contributed by atoms with Gasteiger partial charge in [0.15, 0.2) is 0 Å². The molecule has 0 aliphatic heterocycles. The van der Waals surface area contributed by atoms with Crippen molar-refractivity contribution in [2.75, 3.05) is 5.73 Å². The molecule has 0 saturated carbocycles. The predicted octanol–water partition coefficient (Wildman–Crippen LogP) is 4.56. The Kier molecular flexibility index (Phi) is 13.5. The number of nitrogen functional groups attached to an aromatic ring is 1. The van der Waals surface area contributed by atoms with Crippen molar-refractivity contribution >= 4 is 17.4 Å². The minimum Gasteiger partial charge on any atom is -0.398 e. The molecule has 0 aliphatic rings. The van der Waals surface area contributed by atoms with Crippen molar-refractivity contribution in [2.24, 2.45) is 0 Å². The molecule has 80 valence electrons. The van der Waals surface area contributed by atoms with Crippen molar-refractivity contribution in [1.29, 1.82) is 0 Å². The van der Waals surface area contributed by atoms with Crippen LogP contribution in [-0.4, -0.2) is 0 Å². The minimum absolute atomic E-state index is 0.812. The van der Waals surface area contributed by atoms with Crippen LogP contribution in [0.15, 0.2) is 41.1 Å². The van der Waals surface area contributed by atoms with E-state index < -0.39 is 0 Å². The highest BCUT2D eigenvalue weighted by molar-refractivity contribution is 8.02. The Balaban J connectivity index is 0. The molecule has 0 amide bonds. The summed E-state index contributed by atoms with van der Waals surface area (Å²) >= 11 is 1.54. The molecule has 2 heteroatoms. The molecule has 1 aromatic carbocycles. The van der Waals surface area contributed by atoms with Crippen LogP contribution >= 0.6 is 11.8 Å². The molecule has 0 atom stereocenters. The van der Waals surface area contributed by atoms with Gasteiger partial charge in [-0.15, -0.1) is 0 Å². The van der Waals surface area contributed by atoms with Gasteiger partial charge in [0.05, 0.1) is 0 Å². The number of thioether (sulfide) groups is 1. The summed E-state index contributed by atoms with van der Waals surface area (Å²) in [6.07, 6.45) is 0. The van der Waals surface area contributed by atoms with Crippen molar-refractivity contribution in [3.63, 3.8) is 0 Å². The Labute approximate surface area is 92.4 Å².